The van der Waals surface area contributed by atoms with Crippen LogP contribution in [-0.4, -0.2) is 11.1 Å². The number of hydrogen-bond acceptors (Lipinski definition) is 1. The molecule has 0 amide bonds. The first-order valence-corrected chi connectivity index (χ1v) is 5.42. The fourth-order valence-corrected chi connectivity index (χ4v) is 1.01. The second kappa shape index (κ2) is 10.8. The molecule has 2 nitrogen and oxygen atoms in total. The fraction of sp³-hybridized carbons (Fsp3) is 0.462. The number of carboxylic acids is 1. The summed E-state index contributed by atoms with van der Waals surface area (Å²) in [6.45, 7) is 11.4. The van der Waals surface area contributed by atoms with E-state index in [0.29, 0.717) is 12.0 Å². The van der Waals surface area contributed by atoms with Crippen LogP contribution in [0.5, 0.6) is 0 Å². The lowest BCUT2D eigenvalue weighted by atomic mass is 10.1. The van der Waals surface area contributed by atoms with Gasteiger partial charge in [-0.3, -0.25) is 0 Å². The van der Waals surface area contributed by atoms with Crippen LogP contribution in [0.25, 0.3) is 0 Å². The van der Waals surface area contributed by atoms with Crippen LogP contribution in [0.1, 0.15) is 40.5 Å². The molecule has 0 aromatic heterocycles. The normalized spacial score (nSPS) is 11.5. The topological polar surface area (TPSA) is 37.3 Å². The van der Waals surface area contributed by atoms with Gasteiger partial charge in [0.15, 0.2) is 0 Å². The summed E-state index contributed by atoms with van der Waals surface area (Å²) in [5.74, 6) is -0.910. The first-order valence-electron chi connectivity index (χ1n) is 5.42. The van der Waals surface area contributed by atoms with E-state index in [1.54, 1.807) is 0 Å². The van der Waals surface area contributed by atoms with Crippen LogP contribution in [0, 0.1) is 0 Å². The van der Waals surface area contributed by atoms with Gasteiger partial charge in [0.05, 0.1) is 5.57 Å². The van der Waals surface area contributed by atoms with E-state index < -0.39 is 5.97 Å². The molecule has 0 fully saturated rings. The van der Waals surface area contributed by atoms with Gasteiger partial charge in [-0.25, -0.2) is 4.79 Å². The molecular formula is C13H22O2. The molecule has 15 heavy (non-hydrogen) atoms. The van der Waals surface area contributed by atoms with Crippen LogP contribution < -0.4 is 0 Å². The van der Waals surface area contributed by atoms with Gasteiger partial charge in [-0.15, -0.1) is 0 Å². The maximum absolute atomic E-state index is 10.7. The van der Waals surface area contributed by atoms with Crippen LogP contribution in [0.3, 0.4) is 0 Å². The van der Waals surface area contributed by atoms with E-state index in [1.165, 1.54) is 6.08 Å². The van der Waals surface area contributed by atoms with Crippen LogP contribution in [-0.2, 0) is 4.79 Å². The van der Waals surface area contributed by atoms with Crippen LogP contribution in [0.2, 0.25) is 0 Å². The number of allylic oxidation sites excluding steroid dienone is 3. The summed E-state index contributed by atoms with van der Waals surface area (Å²) < 4.78 is 0. The molecule has 0 aromatic carbocycles. The summed E-state index contributed by atoms with van der Waals surface area (Å²) in [6, 6.07) is 0. The van der Waals surface area contributed by atoms with Gasteiger partial charge in [-0.05, 0) is 18.4 Å². The van der Waals surface area contributed by atoms with E-state index >= 15 is 0 Å². The van der Waals surface area contributed by atoms with Crippen molar-refractivity contribution in [3.05, 3.63) is 36.0 Å². The Morgan fingerprint density at radius 2 is 1.87 bits per heavy atom. The Hall–Kier alpha value is -1.31. The van der Waals surface area contributed by atoms with Gasteiger partial charge in [0.1, 0.15) is 0 Å². The minimum absolute atomic E-state index is 0.298. The molecular weight excluding hydrogens is 188 g/mol. The largest absolute Gasteiger partial charge is 0.478 e. The molecule has 2 heteroatoms. The number of rotatable bonds is 5. The summed E-state index contributed by atoms with van der Waals surface area (Å²) in [5, 5.41) is 8.81. The smallest absolute Gasteiger partial charge is 0.335 e. The first-order chi connectivity index (χ1) is 7.17. The quantitative estimate of drug-likeness (QED) is 0.551. The lowest BCUT2D eigenvalue weighted by molar-refractivity contribution is -0.132. The standard InChI is InChI=1S/C11H16O2.C2H6/c1-4-7-8-9(5-2)10(6-3)11(12)13;1-2/h6-8H,3-5H2,1-2H3,(H,12,13);1-2H3/b8-7+,10-9+;. The van der Waals surface area contributed by atoms with E-state index in [0.717, 1.165) is 12.0 Å². The van der Waals surface area contributed by atoms with Gasteiger partial charge in [-0.2, -0.15) is 0 Å². The zero-order valence-corrected chi connectivity index (χ0v) is 10.2. The second-order valence-corrected chi connectivity index (χ2v) is 2.61. The zero-order chi connectivity index (χ0) is 12.3. The molecule has 0 bridgehead atoms. The number of carbonyl (C=O) groups is 1. The average molecular weight is 210 g/mol. The molecule has 86 valence electrons. The van der Waals surface area contributed by atoms with Crippen molar-refractivity contribution in [3.63, 3.8) is 0 Å². The number of hydrogen-bond donors (Lipinski definition) is 1. The fourth-order valence-electron chi connectivity index (χ4n) is 1.01. The van der Waals surface area contributed by atoms with Crippen LogP contribution >= 0.6 is 0 Å². The Bertz CT molecular complexity index is 247. The Labute approximate surface area is 93.0 Å². The van der Waals surface area contributed by atoms with Gasteiger partial charge in [-0.1, -0.05) is 52.5 Å². The molecule has 0 heterocycles. The highest BCUT2D eigenvalue weighted by atomic mass is 16.4. The molecule has 0 aromatic rings. The average Bonchev–Trinajstić information content (AvgIpc) is 2.26. The highest BCUT2D eigenvalue weighted by molar-refractivity contribution is 5.91. The van der Waals surface area contributed by atoms with Crippen molar-refractivity contribution >= 4 is 5.97 Å². The summed E-state index contributed by atoms with van der Waals surface area (Å²) in [6.07, 6.45) is 6.81. The van der Waals surface area contributed by atoms with Gasteiger partial charge >= 0.3 is 5.97 Å². The van der Waals surface area contributed by atoms with Crippen molar-refractivity contribution < 1.29 is 9.90 Å². The lowest BCUT2D eigenvalue weighted by Gasteiger charge is -2.01. The molecule has 0 aliphatic carbocycles. The maximum Gasteiger partial charge on any atom is 0.335 e. The molecule has 0 saturated carbocycles. The Morgan fingerprint density at radius 3 is 2.13 bits per heavy atom. The molecule has 0 atom stereocenters. The number of aliphatic carboxylic acids is 1. The van der Waals surface area contributed by atoms with Crippen LogP contribution in [0.4, 0.5) is 0 Å². The van der Waals surface area contributed by atoms with Crippen molar-refractivity contribution in [1.29, 1.82) is 0 Å². The van der Waals surface area contributed by atoms with Crippen molar-refractivity contribution in [1.82, 2.24) is 0 Å². The SMILES string of the molecule is C=C/C(C(=O)O)=C(\C=C\CC)CC.CC. The molecule has 0 rings (SSSR count). The summed E-state index contributed by atoms with van der Waals surface area (Å²) in [7, 11) is 0. The molecule has 1 N–H and O–H groups in total. The highest BCUT2D eigenvalue weighted by Crippen LogP contribution is 2.12. The van der Waals surface area contributed by atoms with Crippen LogP contribution in [0.15, 0.2) is 36.0 Å². The summed E-state index contributed by atoms with van der Waals surface area (Å²) >= 11 is 0. The molecule has 0 spiro atoms. The molecule has 0 unspecified atom stereocenters. The van der Waals surface area contributed by atoms with E-state index in [4.69, 9.17) is 5.11 Å². The van der Waals surface area contributed by atoms with E-state index in [9.17, 15) is 4.79 Å². The molecule has 0 saturated heterocycles. The van der Waals surface area contributed by atoms with Crippen molar-refractivity contribution in [2.45, 2.75) is 40.5 Å². The maximum atomic E-state index is 10.7. The number of carboxylic acid groups (broad SMARTS) is 1. The molecule has 0 aliphatic rings. The van der Waals surface area contributed by atoms with E-state index in [2.05, 4.69) is 6.58 Å². The first kappa shape index (κ1) is 16.1. The predicted octanol–water partition coefficient (Wildman–Crippen LogP) is 3.96. The highest BCUT2D eigenvalue weighted by Gasteiger charge is 2.06. The third-order valence-corrected chi connectivity index (χ3v) is 1.72. The Kier molecular flexibility index (Phi) is 11.6. The summed E-state index contributed by atoms with van der Waals surface area (Å²) in [5.41, 5.74) is 1.12. The van der Waals surface area contributed by atoms with Gasteiger partial charge in [0.25, 0.3) is 0 Å². The molecule has 0 radical (unpaired) electrons. The van der Waals surface area contributed by atoms with E-state index in [1.807, 2.05) is 39.8 Å². The zero-order valence-electron chi connectivity index (χ0n) is 10.2. The van der Waals surface area contributed by atoms with Gasteiger partial charge in [0, 0.05) is 0 Å². The van der Waals surface area contributed by atoms with E-state index in [-0.39, 0.29) is 0 Å². The lowest BCUT2D eigenvalue weighted by Crippen LogP contribution is -2.00. The minimum atomic E-state index is -0.910. The minimum Gasteiger partial charge on any atom is -0.478 e. The van der Waals surface area contributed by atoms with Crippen molar-refractivity contribution in [2.75, 3.05) is 0 Å². The van der Waals surface area contributed by atoms with Crippen molar-refractivity contribution in [3.8, 4) is 0 Å². The third-order valence-electron chi connectivity index (χ3n) is 1.72. The predicted molar refractivity (Wildman–Crippen MR) is 65.9 cm³/mol. The summed E-state index contributed by atoms with van der Waals surface area (Å²) in [4.78, 5) is 10.7. The second-order valence-electron chi connectivity index (χ2n) is 2.61. The third kappa shape index (κ3) is 6.72. The monoisotopic (exact) mass is 210 g/mol. The Balaban J connectivity index is 0. The Morgan fingerprint density at radius 1 is 1.33 bits per heavy atom. The van der Waals surface area contributed by atoms with Crippen molar-refractivity contribution in [2.24, 2.45) is 0 Å². The van der Waals surface area contributed by atoms with Gasteiger partial charge in [0.2, 0.25) is 0 Å². The van der Waals surface area contributed by atoms with Gasteiger partial charge < -0.3 is 5.11 Å². The molecule has 0 aliphatic heterocycles.